The van der Waals surface area contributed by atoms with E-state index >= 15 is 0 Å². The molecule has 0 saturated heterocycles. The zero-order valence-corrected chi connectivity index (χ0v) is 12.1. The van der Waals surface area contributed by atoms with Gasteiger partial charge >= 0.3 is 0 Å². The average Bonchev–Trinajstić information content (AvgIpc) is 2.51. The molecule has 0 atom stereocenters. The van der Waals surface area contributed by atoms with Crippen molar-refractivity contribution in [1.29, 1.82) is 0 Å². The van der Waals surface area contributed by atoms with Crippen LogP contribution >= 0.6 is 0 Å². The Balaban J connectivity index is 2.22. The maximum absolute atomic E-state index is 12.6. The first-order valence-corrected chi connectivity index (χ1v) is 7.08. The van der Waals surface area contributed by atoms with Gasteiger partial charge in [-0.15, -0.1) is 0 Å². The summed E-state index contributed by atoms with van der Waals surface area (Å²) in [7, 11) is 0. The van der Waals surface area contributed by atoms with Crippen LogP contribution in [-0.2, 0) is 0 Å². The van der Waals surface area contributed by atoms with Crippen LogP contribution in [0.3, 0.4) is 0 Å². The molecule has 2 nitrogen and oxygen atoms in total. The van der Waals surface area contributed by atoms with Crippen molar-refractivity contribution >= 4 is 11.6 Å². The Hall–Kier alpha value is -2.48. The molecule has 0 aliphatic heterocycles. The van der Waals surface area contributed by atoms with E-state index in [9.17, 15) is 9.59 Å². The van der Waals surface area contributed by atoms with Crippen LogP contribution in [0, 0.1) is 5.92 Å². The summed E-state index contributed by atoms with van der Waals surface area (Å²) in [5, 5.41) is 0. The van der Waals surface area contributed by atoms with Gasteiger partial charge in [0.1, 0.15) is 0 Å². The normalized spacial score (nSPS) is 14.1. The van der Waals surface area contributed by atoms with Crippen molar-refractivity contribution in [3.05, 3.63) is 71.3 Å². The first-order chi connectivity index (χ1) is 10.1. The smallest absolute Gasteiger partial charge is 0.190 e. The van der Waals surface area contributed by atoms with Crippen molar-refractivity contribution < 1.29 is 9.59 Å². The zero-order valence-electron chi connectivity index (χ0n) is 12.1. The lowest BCUT2D eigenvalue weighted by Gasteiger charge is -2.20. The van der Waals surface area contributed by atoms with E-state index in [0.717, 1.165) is 11.1 Å². The van der Waals surface area contributed by atoms with Crippen molar-refractivity contribution in [3.63, 3.8) is 0 Å². The Bertz CT molecular complexity index is 752. The van der Waals surface area contributed by atoms with Crippen LogP contribution in [0.15, 0.2) is 60.2 Å². The highest BCUT2D eigenvalue weighted by Gasteiger charge is 2.29. The van der Waals surface area contributed by atoms with Gasteiger partial charge in [-0.25, -0.2) is 0 Å². The number of carbonyl (C=O) groups excluding carboxylic acids is 2. The molecule has 0 N–H and O–H groups in total. The molecule has 0 aromatic heterocycles. The molecule has 2 aromatic carbocycles. The van der Waals surface area contributed by atoms with Crippen molar-refractivity contribution in [2.24, 2.45) is 5.92 Å². The van der Waals surface area contributed by atoms with Crippen LogP contribution in [0.1, 0.15) is 34.6 Å². The Kier molecular flexibility index (Phi) is 3.30. The van der Waals surface area contributed by atoms with E-state index < -0.39 is 0 Å². The molecule has 0 amide bonds. The maximum Gasteiger partial charge on any atom is 0.190 e. The van der Waals surface area contributed by atoms with Gasteiger partial charge in [-0.05, 0) is 23.1 Å². The Morgan fingerprint density at radius 3 is 2.14 bits per heavy atom. The number of fused-ring (bicyclic) bond motifs is 1. The molecule has 2 heteroatoms. The van der Waals surface area contributed by atoms with Crippen molar-refractivity contribution in [2.45, 2.75) is 13.8 Å². The number of ketones is 2. The second-order valence-electron chi connectivity index (χ2n) is 5.54. The van der Waals surface area contributed by atoms with E-state index in [1.54, 1.807) is 6.07 Å². The highest BCUT2D eigenvalue weighted by molar-refractivity contribution is 6.26. The van der Waals surface area contributed by atoms with Crippen LogP contribution in [0.25, 0.3) is 11.1 Å². The molecule has 0 heterocycles. The predicted octanol–water partition coefficient (Wildman–Crippen LogP) is 4.32. The van der Waals surface area contributed by atoms with E-state index in [1.165, 1.54) is 6.08 Å². The summed E-state index contributed by atoms with van der Waals surface area (Å²) >= 11 is 0. The monoisotopic (exact) mass is 276 g/mol. The average molecular weight is 276 g/mol. The molecule has 0 spiro atoms. The molecule has 21 heavy (non-hydrogen) atoms. The highest BCUT2D eigenvalue weighted by atomic mass is 16.1. The van der Waals surface area contributed by atoms with Gasteiger partial charge in [-0.3, -0.25) is 9.59 Å². The molecular weight excluding hydrogens is 260 g/mol. The fourth-order valence-electron chi connectivity index (χ4n) is 2.73. The Morgan fingerprint density at radius 1 is 0.810 bits per heavy atom. The summed E-state index contributed by atoms with van der Waals surface area (Å²) in [5.74, 6) is -0.0554. The third-order valence-corrected chi connectivity index (χ3v) is 3.81. The second kappa shape index (κ2) is 5.13. The molecule has 0 bridgehead atoms. The van der Waals surface area contributed by atoms with Crippen molar-refractivity contribution in [1.82, 2.24) is 0 Å². The maximum atomic E-state index is 12.6. The lowest BCUT2D eigenvalue weighted by molar-refractivity contribution is 0.0977. The van der Waals surface area contributed by atoms with Gasteiger partial charge in [-0.2, -0.15) is 0 Å². The van der Waals surface area contributed by atoms with Gasteiger partial charge in [0, 0.05) is 16.7 Å². The first kappa shape index (κ1) is 13.5. The highest BCUT2D eigenvalue weighted by Crippen LogP contribution is 2.32. The van der Waals surface area contributed by atoms with Gasteiger partial charge in [-0.1, -0.05) is 62.4 Å². The minimum atomic E-state index is -0.0762. The van der Waals surface area contributed by atoms with Gasteiger partial charge in [0.15, 0.2) is 11.6 Å². The van der Waals surface area contributed by atoms with Crippen LogP contribution in [0.4, 0.5) is 0 Å². The molecule has 1 aliphatic carbocycles. The summed E-state index contributed by atoms with van der Waals surface area (Å²) in [6.07, 6.45) is 1.50. The molecular formula is C19H16O2. The van der Waals surface area contributed by atoms with Crippen molar-refractivity contribution in [2.75, 3.05) is 0 Å². The van der Waals surface area contributed by atoms with Crippen LogP contribution in [-0.4, -0.2) is 11.6 Å². The van der Waals surface area contributed by atoms with Crippen LogP contribution < -0.4 is 0 Å². The largest absolute Gasteiger partial charge is 0.289 e. The number of rotatable bonds is 2. The fraction of sp³-hybridized carbons (Fsp3) is 0.158. The fourth-order valence-corrected chi connectivity index (χ4v) is 2.73. The predicted molar refractivity (Wildman–Crippen MR) is 83.5 cm³/mol. The third kappa shape index (κ3) is 2.23. The molecule has 2 aromatic rings. The van der Waals surface area contributed by atoms with Gasteiger partial charge in [0.05, 0.1) is 0 Å². The van der Waals surface area contributed by atoms with E-state index in [1.807, 2.05) is 56.3 Å². The minimum Gasteiger partial charge on any atom is -0.289 e. The lowest BCUT2D eigenvalue weighted by Crippen LogP contribution is -2.20. The first-order valence-electron chi connectivity index (χ1n) is 7.08. The van der Waals surface area contributed by atoms with Gasteiger partial charge in [0.2, 0.25) is 0 Å². The molecule has 3 rings (SSSR count). The topological polar surface area (TPSA) is 34.1 Å². The standard InChI is InChI=1S/C19H16O2/c1-12(2)16-11-17(20)18-14(13-7-4-3-5-8-13)9-6-10-15(18)19(16)21/h3-12H,1-2H3. The molecule has 1 aliphatic rings. The van der Waals surface area contributed by atoms with E-state index in [0.29, 0.717) is 16.7 Å². The molecule has 0 radical (unpaired) electrons. The number of Topliss-reactive ketones (excluding diaryl/α,β-unsaturated/α-hetero) is 1. The number of hydrogen-bond acceptors (Lipinski definition) is 2. The zero-order chi connectivity index (χ0) is 15.0. The number of benzene rings is 2. The summed E-state index contributed by atoms with van der Waals surface area (Å²) in [5.41, 5.74) is 3.42. The van der Waals surface area contributed by atoms with Gasteiger partial charge in [0.25, 0.3) is 0 Å². The number of allylic oxidation sites excluding steroid dienone is 2. The molecule has 104 valence electrons. The third-order valence-electron chi connectivity index (χ3n) is 3.81. The Labute approximate surface area is 124 Å². The summed E-state index contributed by atoms with van der Waals surface area (Å²) in [6.45, 7) is 3.87. The lowest BCUT2D eigenvalue weighted by atomic mass is 9.81. The van der Waals surface area contributed by atoms with Crippen LogP contribution in [0.5, 0.6) is 0 Å². The summed E-state index contributed by atoms with van der Waals surface area (Å²) < 4.78 is 0. The number of carbonyl (C=O) groups is 2. The van der Waals surface area contributed by atoms with E-state index in [4.69, 9.17) is 0 Å². The van der Waals surface area contributed by atoms with E-state index in [-0.39, 0.29) is 17.5 Å². The van der Waals surface area contributed by atoms with Crippen molar-refractivity contribution in [3.8, 4) is 11.1 Å². The Morgan fingerprint density at radius 2 is 1.48 bits per heavy atom. The SMILES string of the molecule is CC(C)C1=CC(=O)c2c(cccc2-c2ccccc2)C1=O. The second-order valence-corrected chi connectivity index (χ2v) is 5.54. The quantitative estimate of drug-likeness (QED) is 0.818. The molecule has 0 fully saturated rings. The summed E-state index contributed by atoms with van der Waals surface area (Å²) in [6, 6.07) is 15.2. The molecule has 0 unspecified atom stereocenters. The van der Waals surface area contributed by atoms with Crippen LogP contribution in [0.2, 0.25) is 0 Å². The van der Waals surface area contributed by atoms with E-state index in [2.05, 4.69) is 0 Å². The minimum absolute atomic E-state index is 0.0302. The van der Waals surface area contributed by atoms with Gasteiger partial charge < -0.3 is 0 Å². The molecule has 0 saturated carbocycles. The number of hydrogen-bond donors (Lipinski definition) is 0. The summed E-state index contributed by atoms with van der Waals surface area (Å²) in [4.78, 5) is 25.1.